The van der Waals surface area contributed by atoms with E-state index in [0.717, 1.165) is 28.0 Å². The Kier molecular flexibility index (Phi) is 8.39. The predicted octanol–water partition coefficient (Wildman–Crippen LogP) is 6.87. The van der Waals surface area contributed by atoms with Gasteiger partial charge in [-0.1, -0.05) is 88.0 Å². The molecule has 23 heavy (non-hydrogen) atoms. The Balaban J connectivity index is 0.000000379. The SMILES string of the molecule is CC1(C(N)c2ccc(Cl)cc2)C=CC(Cl)=CC1.CCC(C)CC. The van der Waals surface area contributed by atoms with E-state index in [0.29, 0.717) is 0 Å². The Morgan fingerprint density at radius 1 is 1.13 bits per heavy atom. The van der Waals surface area contributed by atoms with Gasteiger partial charge in [0.2, 0.25) is 0 Å². The van der Waals surface area contributed by atoms with Gasteiger partial charge >= 0.3 is 0 Å². The highest BCUT2D eigenvalue weighted by Gasteiger charge is 2.30. The molecule has 1 nitrogen and oxygen atoms in total. The Bertz CT molecular complexity index is 529. The zero-order valence-corrected chi connectivity index (χ0v) is 16.2. The molecule has 0 aliphatic heterocycles. The lowest BCUT2D eigenvalue weighted by Gasteiger charge is -2.34. The topological polar surface area (TPSA) is 26.0 Å². The second kappa shape index (κ2) is 9.52. The second-order valence-electron chi connectivity index (χ2n) is 6.58. The summed E-state index contributed by atoms with van der Waals surface area (Å²) in [4.78, 5) is 0. The van der Waals surface area contributed by atoms with Crippen molar-refractivity contribution < 1.29 is 0 Å². The summed E-state index contributed by atoms with van der Waals surface area (Å²) in [6.07, 6.45) is 9.53. The molecular formula is C20H29Cl2N. The van der Waals surface area contributed by atoms with Crippen LogP contribution >= 0.6 is 23.2 Å². The molecule has 1 aliphatic carbocycles. The van der Waals surface area contributed by atoms with Crippen LogP contribution in [0.15, 0.2) is 47.5 Å². The summed E-state index contributed by atoms with van der Waals surface area (Å²) in [6, 6.07) is 7.64. The molecule has 0 amide bonds. The molecule has 0 saturated heterocycles. The minimum atomic E-state index is -0.0911. The van der Waals surface area contributed by atoms with Crippen molar-refractivity contribution in [2.75, 3.05) is 0 Å². The molecule has 1 aromatic carbocycles. The summed E-state index contributed by atoms with van der Waals surface area (Å²) in [6.45, 7) is 8.88. The van der Waals surface area contributed by atoms with Crippen molar-refractivity contribution in [3.05, 3.63) is 58.1 Å². The lowest BCUT2D eigenvalue weighted by molar-refractivity contribution is 0.342. The number of halogens is 2. The minimum Gasteiger partial charge on any atom is -0.323 e. The highest BCUT2D eigenvalue weighted by molar-refractivity contribution is 6.31. The van der Waals surface area contributed by atoms with Crippen LogP contribution in [0.1, 0.15) is 58.6 Å². The third-order valence-corrected chi connectivity index (χ3v) is 5.23. The van der Waals surface area contributed by atoms with E-state index in [1.54, 1.807) is 0 Å². The monoisotopic (exact) mass is 353 g/mol. The lowest BCUT2D eigenvalue weighted by atomic mass is 9.74. The van der Waals surface area contributed by atoms with Gasteiger partial charge in [-0.15, -0.1) is 0 Å². The van der Waals surface area contributed by atoms with Crippen molar-refractivity contribution in [1.82, 2.24) is 0 Å². The largest absolute Gasteiger partial charge is 0.323 e. The smallest absolute Gasteiger partial charge is 0.0406 e. The zero-order chi connectivity index (χ0) is 17.5. The molecule has 0 bridgehead atoms. The molecule has 128 valence electrons. The highest BCUT2D eigenvalue weighted by atomic mass is 35.5. The number of benzene rings is 1. The van der Waals surface area contributed by atoms with Crippen molar-refractivity contribution in [2.45, 2.75) is 53.0 Å². The van der Waals surface area contributed by atoms with E-state index in [9.17, 15) is 0 Å². The molecule has 0 fully saturated rings. The quantitative estimate of drug-likeness (QED) is 0.627. The summed E-state index contributed by atoms with van der Waals surface area (Å²) < 4.78 is 0. The van der Waals surface area contributed by atoms with Gasteiger partial charge in [0, 0.05) is 21.5 Å². The van der Waals surface area contributed by atoms with E-state index in [2.05, 4.69) is 33.8 Å². The predicted molar refractivity (Wildman–Crippen MR) is 104 cm³/mol. The summed E-state index contributed by atoms with van der Waals surface area (Å²) in [5.41, 5.74) is 7.33. The first-order chi connectivity index (χ1) is 10.8. The van der Waals surface area contributed by atoms with Crippen molar-refractivity contribution in [1.29, 1.82) is 0 Å². The number of rotatable bonds is 4. The highest BCUT2D eigenvalue weighted by Crippen LogP contribution is 2.40. The van der Waals surface area contributed by atoms with E-state index >= 15 is 0 Å². The first-order valence-corrected chi connectivity index (χ1v) is 9.14. The fourth-order valence-electron chi connectivity index (χ4n) is 2.29. The first-order valence-electron chi connectivity index (χ1n) is 8.38. The third kappa shape index (κ3) is 6.33. The van der Waals surface area contributed by atoms with Crippen LogP contribution in [0.5, 0.6) is 0 Å². The van der Waals surface area contributed by atoms with Gasteiger partial charge in [0.1, 0.15) is 0 Å². The van der Waals surface area contributed by atoms with E-state index in [1.807, 2.05) is 36.4 Å². The van der Waals surface area contributed by atoms with E-state index in [4.69, 9.17) is 28.9 Å². The van der Waals surface area contributed by atoms with Crippen LogP contribution in [0.3, 0.4) is 0 Å². The number of nitrogens with two attached hydrogens (primary N) is 1. The molecule has 0 radical (unpaired) electrons. The lowest BCUT2D eigenvalue weighted by Crippen LogP contribution is -2.30. The Hall–Kier alpha value is -0.760. The van der Waals surface area contributed by atoms with Crippen molar-refractivity contribution in [2.24, 2.45) is 17.1 Å². The molecule has 3 heteroatoms. The van der Waals surface area contributed by atoms with Crippen LogP contribution in [-0.2, 0) is 0 Å². The number of hydrogen-bond acceptors (Lipinski definition) is 1. The molecule has 2 atom stereocenters. The average molecular weight is 354 g/mol. The van der Waals surface area contributed by atoms with Crippen LogP contribution in [0.2, 0.25) is 5.02 Å². The van der Waals surface area contributed by atoms with Gasteiger partial charge in [0.05, 0.1) is 0 Å². The maximum absolute atomic E-state index is 6.33. The molecule has 2 unspecified atom stereocenters. The van der Waals surface area contributed by atoms with E-state index < -0.39 is 0 Å². The van der Waals surface area contributed by atoms with Gasteiger partial charge < -0.3 is 5.73 Å². The number of allylic oxidation sites excluding steroid dienone is 3. The van der Waals surface area contributed by atoms with Crippen LogP contribution < -0.4 is 5.73 Å². The van der Waals surface area contributed by atoms with Crippen LogP contribution in [-0.4, -0.2) is 0 Å². The van der Waals surface area contributed by atoms with Crippen molar-refractivity contribution >= 4 is 23.2 Å². The van der Waals surface area contributed by atoms with Gasteiger partial charge in [0.15, 0.2) is 0 Å². The molecule has 1 aromatic rings. The van der Waals surface area contributed by atoms with Gasteiger partial charge in [-0.05, 0) is 36.1 Å². The molecule has 2 rings (SSSR count). The standard InChI is InChI=1S/C14H15Cl2N.C6H14/c1-14(8-6-12(16)7-9-14)13(17)10-2-4-11(15)5-3-10;1-4-6(3)5-2/h2-8,13H,9,17H2,1H3;6H,4-5H2,1-3H3. The molecule has 0 aromatic heterocycles. The Labute approximate surface area is 151 Å². The zero-order valence-electron chi connectivity index (χ0n) is 14.7. The number of hydrogen-bond donors (Lipinski definition) is 1. The van der Waals surface area contributed by atoms with Crippen LogP contribution in [0.25, 0.3) is 0 Å². The molecular weight excluding hydrogens is 325 g/mol. The van der Waals surface area contributed by atoms with Gasteiger partial charge in [0.25, 0.3) is 0 Å². The third-order valence-electron chi connectivity index (χ3n) is 4.69. The maximum Gasteiger partial charge on any atom is 0.0406 e. The maximum atomic E-state index is 6.33. The average Bonchev–Trinajstić information content (AvgIpc) is 2.57. The fourth-order valence-corrected chi connectivity index (χ4v) is 2.56. The van der Waals surface area contributed by atoms with Gasteiger partial charge in [-0.3, -0.25) is 0 Å². The van der Waals surface area contributed by atoms with Gasteiger partial charge in [-0.25, -0.2) is 0 Å². The summed E-state index contributed by atoms with van der Waals surface area (Å²) in [7, 11) is 0. The van der Waals surface area contributed by atoms with E-state index in [-0.39, 0.29) is 11.5 Å². The van der Waals surface area contributed by atoms with Crippen LogP contribution in [0, 0.1) is 11.3 Å². The van der Waals surface area contributed by atoms with Crippen molar-refractivity contribution in [3.63, 3.8) is 0 Å². The summed E-state index contributed by atoms with van der Waals surface area (Å²) in [5.74, 6) is 0.935. The Morgan fingerprint density at radius 2 is 1.70 bits per heavy atom. The van der Waals surface area contributed by atoms with E-state index in [1.165, 1.54) is 12.8 Å². The first kappa shape index (κ1) is 20.3. The second-order valence-corrected chi connectivity index (χ2v) is 7.46. The fraction of sp³-hybridized carbons (Fsp3) is 0.500. The molecule has 0 spiro atoms. The normalized spacial score (nSPS) is 21.5. The molecule has 0 heterocycles. The van der Waals surface area contributed by atoms with Crippen molar-refractivity contribution in [3.8, 4) is 0 Å². The Morgan fingerprint density at radius 3 is 2.09 bits per heavy atom. The summed E-state index contributed by atoms with van der Waals surface area (Å²) in [5, 5.41) is 1.51. The molecule has 0 saturated carbocycles. The summed E-state index contributed by atoms with van der Waals surface area (Å²) >= 11 is 11.8. The molecule has 1 aliphatic rings. The van der Waals surface area contributed by atoms with Gasteiger partial charge in [-0.2, -0.15) is 0 Å². The minimum absolute atomic E-state index is 0.0583. The molecule has 2 N–H and O–H groups in total. The van der Waals surface area contributed by atoms with Crippen LogP contribution in [0.4, 0.5) is 0 Å².